The third kappa shape index (κ3) is 1.35. The van der Waals surface area contributed by atoms with Gasteiger partial charge >= 0.3 is 0 Å². The van der Waals surface area contributed by atoms with Gasteiger partial charge in [-0.25, -0.2) is 0 Å². The average Bonchev–Trinajstić information content (AvgIpc) is 2.14. The molecule has 0 saturated carbocycles. The van der Waals surface area contributed by atoms with Gasteiger partial charge in [-0.2, -0.15) is 0 Å². The van der Waals surface area contributed by atoms with Crippen LogP contribution in [0.5, 0.6) is 0 Å². The maximum absolute atomic E-state index is 12.0. The number of hydrogen-bond donors (Lipinski definition) is 2. The van der Waals surface area contributed by atoms with E-state index in [-0.39, 0.29) is 0 Å². The number of hydrogen-bond acceptors (Lipinski definition) is 4. The summed E-state index contributed by atoms with van der Waals surface area (Å²) in [4.78, 5) is 35.0. The average molecular weight is 225 g/mol. The number of allylic oxidation sites excluding steroid dienone is 1. The molecule has 0 heterocycles. The monoisotopic (exact) mass is 225 g/mol. The molecule has 5 heteroatoms. The number of primary amides is 1. The standard InChI is InChI=1S/C11H15NO4/c1-10(2)6(13)5(8(12)15)7(14)11(3,4)9(10)16/h13H,1-4H3,(H2,12,15). The van der Waals surface area contributed by atoms with E-state index in [9.17, 15) is 19.5 Å². The highest BCUT2D eigenvalue weighted by Gasteiger charge is 2.54. The lowest BCUT2D eigenvalue weighted by Gasteiger charge is -2.37. The highest BCUT2D eigenvalue weighted by atomic mass is 16.3. The SMILES string of the molecule is CC1(C)C(=O)C(C(N)=O)=C(O)C(C)(C)C1=O. The van der Waals surface area contributed by atoms with Crippen molar-refractivity contribution >= 4 is 17.5 Å². The molecule has 16 heavy (non-hydrogen) atoms. The van der Waals surface area contributed by atoms with Crippen molar-refractivity contribution in [2.75, 3.05) is 0 Å². The van der Waals surface area contributed by atoms with Crippen LogP contribution in [0.25, 0.3) is 0 Å². The number of aliphatic hydroxyl groups excluding tert-OH is 1. The second-order valence-corrected chi connectivity index (χ2v) is 5.00. The smallest absolute Gasteiger partial charge is 0.255 e. The van der Waals surface area contributed by atoms with E-state index in [1.54, 1.807) is 0 Å². The molecular weight excluding hydrogens is 210 g/mol. The Morgan fingerprint density at radius 3 is 1.94 bits per heavy atom. The molecular formula is C11H15NO4. The molecule has 1 rings (SSSR count). The van der Waals surface area contributed by atoms with Gasteiger partial charge in [-0.3, -0.25) is 14.4 Å². The fourth-order valence-electron chi connectivity index (χ4n) is 1.95. The molecule has 0 aromatic heterocycles. The molecule has 1 aliphatic rings. The maximum Gasteiger partial charge on any atom is 0.255 e. The lowest BCUT2D eigenvalue weighted by molar-refractivity contribution is -0.145. The van der Waals surface area contributed by atoms with Crippen LogP contribution in [0.3, 0.4) is 0 Å². The molecule has 1 amide bonds. The van der Waals surface area contributed by atoms with Gasteiger partial charge in [-0.15, -0.1) is 0 Å². The summed E-state index contributed by atoms with van der Waals surface area (Å²) in [7, 11) is 0. The summed E-state index contributed by atoms with van der Waals surface area (Å²) in [6, 6.07) is 0. The summed E-state index contributed by atoms with van der Waals surface area (Å²) in [5.41, 5.74) is 1.99. The van der Waals surface area contributed by atoms with Crippen LogP contribution in [0.2, 0.25) is 0 Å². The topological polar surface area (TPSA) is 97.5 Å². The predicted octanol–water partition coefficient (Wildman–Crippen LogP) is 0.488. The zero-order valence-electron chi connectivity index (χ0n) is 9.75. The molecule has 0 unspecified atom stereocenters. The number of carbonyl (C=O) groups is 3. The van der Waals surface area contributed by atoms with Crippen molar-refractivity contribution in [1.82, 2.24) is 0 Å². The molecule has 0 spiro atoms. The van der Waals surface area contributed by atoms with Crippen LogP contribution < -0.4 is 5.73 Å². The molecule has 0 fully saturated rings. The Balaban J connectivity index is 3.60. The minimum absolute atomic E-state index is 0.424. The van der Waals surface area contributed by atoms with Crippen molar-refractivity contribution in [3.05, 3.63) is 11.3 Å². The van der Waals surface area contributed by atoms with Gasteiger partial charge in [0.05, 0.1) is 10.8 Å². The number of nitrogens with two attached hydrogens (primary N) is 1. The summed E-state index contributed by atoms with van der Waals surface area (Å²) < 4.78 is 0. The van der Waals surface area contributed by atoms with Crippen LogP contribution in [0, 0.1) is 10.8 Å². The molecule has 0 atom stereocenters. The van der Waals surface area contributed by atoms with E-state index in [1.165, 1.54) is 27.7 Å². The van der Waals surface area contributed by atoms with Crippen molar-refractivity contribution < 1.29 is 19.5 Å². The van der Waals surface area contributed by atoms with Crippen molar-refractivity contribution in [2.24, 2.45) is 16.6 Å². The first-order valence-electron chi connectivity index (χ1n) is 4.87. The molecule has 3 N–H and O–H groups in total. The summed E-state index contributed by atoms with van der Waals surface area (Å²) in [5.74, 6) is -2.68. The third-order valence-electron chi connectivity index (χ3n) is 3.01. The minimum Gasteiger partial charge on any atom is -0.510 e. The summed E-state index contributed by atoms with van der Waals surface area (Å²) in [6.45, 7) is 5.77. The zero-order valence-corrected chi connectivity index (χ0v) is 9.75. The van der Waals surface area contributed by atoms with Crippen molar-refractivity contribution in [3.8, 4) is 0 Å². The molecule has 0 radical (unpaired) electrons. The second kappa shape index (κ2) is 3.17. The fourth-order valence-corrected chi connectivity index (χ4v) is 1.95. The quantitative estimate of drug-likeness (QED) is 0.501. The minimum atomic E-state index is -1.33. The molecule has 0 saturated heterocycles. The van der Waals surface area contributed by atoms with Crippen molar-refractivity contribution in [2.45, 2.75) is 27.7 Å². The lowest BCUT2D eigenvalue weighted by Crippen LogP contribution is -2.50. The Hall–Kier alpha value is -1.65. The highest BCUT2D eigenvalue weighted by molar-refractivity contribution is 6.29. The molecule has 5 nitrogen and oxygen atoms in total. The molecule has 0 aliphatic heterocycles. The highest BCUT2D eigenvalue weighted by Crippen LogP contribution is 2.42. The number of Topliss-reactive ketones (excluding diaryl/α,β-unsaturated/α-hetero) is 2. The summed E-state index contributed by atoms with van der Waals surface area (Å²) in [5, 5.41) is 9.78. The van der Waals surface area contributed by atoms with E-state index >= 15 is 0 Å². The van der Waals surface area contributed by atoms with Gasteiger partial charge in [-0.1, -0.05) is 0 Å². The number of amides is 1. The molecule has 0 aromatic rings. The predicted molar refractivity (Wildman–Crippen MR) is 56.4 cm³/mol. The molecule has 88 valence electrons. The fraction of sp³-hybridized carbons (Fsp3) is 0.545. The Kier molecular flexibility index (Phi) is 2.46. The lowest BCUT2D eigenvalue weighted by atomic mass is 9.63. The van der Waals surface area contributed by atoms with Crippen LogP contribution >= 0.6 is 0 Å². The normalized spacial score (nSPS) is 23.5. The second-order valence-electron chi connectivity index (χ2n) is 5.00. The number of ketones is 2. The number of aliphatic hydroxyl groups is 1. The zero-order chi connectivity index (χ0) is 12.9. The van der Waals surface area contributed by atoms with Crippen LogP contribution in [0.1, 0.15) is 27.7 Å². The van der Waals surface area contributed by atoms with E-state index in [2.05, 4.69) is 0 Å². The Morgan fingerprint density at radius 1 is 1.12 bits per heavy atom. The van der Waals surface area contributed by atoms with Gasteiger partial charge in [0.2, 0.25) is 0 Å². The van der Waals surface area contributed by atoms with Gasteiger partial charge in [0.25, 0.3) is 5.91 Å². The van der Waals surface area contributed by atoms with Crippen LogP contribution in [0.4, 0.5) is 0 Å². The van der Waals surface area contributed by atoms with E-state index in [4.69, 9.17) is 5.73 Å². The molecule has 0 bridgehead atoms. The largest absolute Gasteiger partial charge is 0.510 e. The molecule has 0 aromatic carbocycles. The van der Waals surface area contributed by atoms with Crippen LogP contribution in [-0.2, 0) is 14.4 Å². The summed E-state index contributed by atoms with van der Waals surface area (Å²) >= 11 is 0. The summed E-state index contributed by atoms with van der Waals surface area (Å²) in [6.07, 6.45) is 0. The molecule has 1 aliphatic carbocycles. The first-order chi connectivity index (χ1) is 7.04. The van der Waals surface area contributed by atoms with Crippen LogP contribution in [-0.4, -0.2) is 22.6 Å². The Morgan fingerprint density at radius 2 is 1.56 bits per heavy atom. The van der Waals surface area contributed by atoms with Crippen LogP contribution in [0.15, 0.2) is 11.3 Å². The maximum atomic E-state index is 12.0. The Labute approximate surface area is 93.3 Å². The van der Waals surface area contributed by atoms with Gasteiger partial charge in [0, 0.05) is 0 Å². The number of rotatable bonds is 1. The van der Waals surface area contributed by atoms with Gasteiger partial charge in [0.1, 0.15) is 11.3 Å². The first-order valence-corrected chi connectivity index (χ1v) is 4.87. The van der Waals surface area contributed by atoms with Gasteiger partial charge in [-0.05, 0) is 27.7 Å². The van der Waals surface area contributed by atoms with E-state index < -0.39 is 39.6 Å². The first kappa shape index (κ1) is 12.4. The van der Waals surface area contributed by atoms with Gasteiger partial charge < -0.3 is 10.8 Å². The van der Waals surface area contributed by atoms with E-state index in [0.29, 0.717) is 0 Å². The van der Waals surface area contributed by atoms with Crippen molar-refractivity contribution in [1.29, 1.82) is 0 Å². The van der Waals surface area contributed by atoms with E-state index in [1.807, 2.05) is 0 Å². The Bertz CT molecular complexity index is 429. The van der Waals surface area contributed by atoms with Crippen molar-refractivity contribution in [3.63, 3.8) is 0 Å². The third-order valence-corrected chi connectivity index (χ3v) is 3.01. The number of carbonyl (C=O) groups excluding carboxylic acids is 3. The van der Waals surface area contributed by atoms with Gasteiger partial charge in [0.15, 0.2) is 11.6 Å². The van der Waals surface area contributed by atoms with E-state index in [0.717, 1.165) is 0 Å².